The van der Waals surface area contributed by atoms with Crippen LogP contribution >= 0.6 is 0 Å². The van der Waals surface area contributed by atoms with E-state index in [1.54, 1.807) is 11.0 Å². The van der Waals surface area contributed by atoms with Gasteiger partial charge in [0.15, 0.2) is 6.10 Å². The Kier molecular flexibility index (Phi) is 4.97. The third kappa shape index (κ3) is 3.19. The number of fused-ring (bicyclic) bond motifs is 1. The summed E-state index contributed by atoms with van der Waals surface area (Å²) in [4.78, 5) is 24.7. The van der Waals surface area contributed by atoms with Crippen LogP contribution in [0.3, 0.4) is 0 Å². The van der Waals surface area contributed by atoms with Gasteiger partial charge in [-0.25, -0.2) is 0 Å². The fraction of sp³-hybridized carbons (Fsp3) is 0.533. The molecule has 0 bridgehead atoms. The lowest BCUT2D eigenvalue weighted by molar-refractivity contribution is -0.384. The number of nitro benzene ring substituents is 1. The van der Waals surface area contributed by atoms with Crippen LogP contribution in [-0.2, 0) is 4.79 Å². The van der Waals surface area contributed by atoms with E-state index in [0.29, 0.717) is 24.5 Å². The molecule has 0 saturated carbocycles. The van der Waals surface area contributed by atoms with Gasteiger partial charge in [-0.2, -0.15) is 0 Å². The smallest absolute Gasteiger partial charge is 0.271 e. The summed E-state index contributed by atoms with van der Waals surface area (Å²) in [5, 5.41) is 11.0. The van der Waals surface area contributed by atoms with Crippen molar-refractivity contribution in [3.8, 4) is 5.75 Å². The van der Waals surface area contributed by atoms with E-state index in [-0.39, 0.29) is 17.5 Å². The van der Waals surface area contributed by atoms with Gasteiger partial charge in [-0.3, -0.25) is 14.9 Å². The van der Waals surface area contributed by atoms with Crippen LogP contribution in [-0.4, -0.2) is 30.0 Å². The van der Waals surface area contributed by atoms with Crippen LogP contribution in [0.15, 0.2) is 18.2 Å². The summed E-state index contributed by atoms with van der Waals surface area (Å²) >= 11 is 0. The van der Waals surface area contributed by atoms with Crippen LogP contribution < -0.4 is 15.4 Å². The average Bonchev–Trinajstić information content (AvgIpc) is 2.48. The molecule has 2 N–H and O–H groups in total. The zero-order chi connectivity index (χ0) is 16.3. The molecule has 1 aromatic rings. The molecule has 120 valence electrons. The topological polar surface area (TPSA) is 98.7 Å². The number of ether oxygens (including phenoxy) is 1. The Morgan fingerprint density at radius 3 is 2.73 bits per heavy atom. The Morgan fingerprint density at radius 2 is 2.14 bits per heavy atom. The van der Waals surface area contributed by atoms with Gasteiger partial charge in [-0.1, -0.05) is 13.8 Å². The first-order valence-corrected chi connectivity index (χ1v) is 7.42. The minimum absolute atomic E-state index is 0.0212. The summed E-state index contributed by atoms with van der Waals surface area (Å²) in [5.74, 6) is 0.379. The van der Waals surface area contributed by atoms with Gasteiger partial charge in [0.05, 0.1) is 10.6 Å². The number of hydrogen-bond donors (Lipinski definition) is 1. The minimum atomic E-state index is -0.563. The second-order valence-corrected chi connectivity index (χ2v) is 5.68. The molecule has 1 amide bonds. The second kappa shape index (κ2) is 6.74. The number of nitrogens with two attached hydrogens (primary N) is 1. The predicted octanol–water partition coefficient (Wildman–Crippen LogP) is 2.08. The van der Waals surface area contributed by atoms with E-state index in [0.717, 1.165) is 12.8 Å². The molecule has 0 spiro atoms. The van der Waals surface area contributed by atoms with E-state index >= 15 is 0 Å². The lowest BCUT2D eigenvalue weighted by Crippen LogP contribution is -2.48. The van der Waals surface area contributed by atoms with Crippen molar-refractivity contribution in [1.29, 1.82) is 0 Å². The van der Waals surface area contributed by atoms with Crippen molar-refractivity contribution in [2.24, 2.45) is 11.7 Å². The largest absolute Gasteiger partial charge is 0.478 e. The Balaban J connectivity index is 2.38. The predicted molar refractivity (Wildman–Crippen MR) is 83.0 cm³/mol. The van der Waals surface area contributed by atoms with Gasteiger partial charge in [-0.15, -0.1) is 0 Å². The number of unbranched alkanes of at least 4 members (excludes halogenated alkanes) is 1. The maximum Gasteiger partial charge on any atom is 0.271 e. The molecular weight excluding hydrogens is 286 g/mol. The SMILES string of the molecule is CC(C)C1Oc2ccc([N+](=O)[O-])cc2N(CCCCN)C1=O. The first-order valence-electron chi connectivity index (χ1n) is 7.42. The molecule has 0 saturated heterocycles. The Labute approximate surface area is 129 Å². The van der Waals surface area contributed by atoms with E-state index < -0.39 is 11.0 Å². The van der Waals surface area contributed by atoms with E-state index in [1.165, 1.54) is 12.1 Å². The summed E-state index contributed by atoms with van der Waals surface area (Å²) < 4.78 is 5.74. The fourth-order valence-electron chi connectivity index (χ4n) is 2.46. The van der Waals surface area contributed by atoms with E-state index in [4.69, 9.17) is 10.5 Å². The number of benzene rings is 1. The molecule has 7 nitrogen and oxygen atoms in total. The Bertz CT molecular complexity index is 574. The number of anilines is 1. The van der Waals surface area contributed by atoms with Gasteiger partial charge in [0.2, 0.25) is 0 Å². The third-order valence-corrected chi connectivity index (χ3v) is 3.65. The Morgan fingerprint density at radius 1 is 1.41 bits per heavy atom. The first kappa shape index (κ1) is 16.2. The maximum absolute atomic E-state index is 12.6. The van der Waals surface area contributed by atoms with Gasteiger partial charge in [0.1, 0.15) is 5.75 Å². The molecule has 7 heteroatoms. The Hall–Kier alpha value is -2.15. The molecule has 22 heavy (non-hydrogen) atoms. The molecule has 1 aliphatic heterocycles. The monoisotopic (exact) mass is 307 g/mol. The number of carbonyl (C=O) groups excluding carboxylic acids is 1. The molecular formula is C15H21N3O4. The summed E-state index contributed by atoms with van der Waals surface area (Å²) in [7, 11) is 0. The van der Waals surface area contributed by atoms with E-state index in [2.05, 4.69) is 0 Å². The zero-order valence-corrected chi connectivity index (χ0v) is 12.8. The average molecular weight is 307 g/mol. The summed E-state index contributed by atoms with van der Waals surface area (Å²) in [6.07, 6.45) is 0.975. The highest BCUT2D eigenvalue weighted by Gasteiger charge is 2.36. The second-order valence-electron chi connectivity index (χ2n) is 5.68. The van der Waals surface area contributed by atoms with Crippen molar-refractivity contribution in [2.75, 3.05) is 18.0 Å². The van der Waals surface area contributed by atoms with Crippen LogP contribution in [0.5, 0.6) is 5.75 Å². The van der Waals surface area contributed by atoms with Gasteiger partial charge < -0.3 is 15.4 Å². The number of non-ortho nitro benzene ring substituents is 1. The van der Waals surface area contributed by atoms with Crippen molar-refractivity contribution in [3.05, 3.63) is 28.3 Å². The van der Waals surface area contributed by atoms with Crippen molar-refractivity contribution in [3.63, 3.8) is 0 Å². The molecule has 2 rings (SSSR count). The highest BCUT2D eigenvalue weighted by Crippen LogP contribution is 2.38. The van der Waals surface area contributed by atoms with Crippen molar-refractivity contribution >= 4 is 17.3 Å². The van der Waals surface area contributed by atoms with Crippen LogP contribution in [0.4, 0.5) is 11.4 Å². The van der Waals surface area contributed by atoms with Gasteiger partial charge >= 0.3 is 0 Å². The van der Waals surface area contributed by atoms with Crippen LogP contribution in [0, 0.1) is 16.0 Å². The number of rotatable bonds is 6. The molecule has 0 radical (unpaired) electrons. The van der Waals surface area contributed by atoms with Crippen molar-refractivity contribution in [2.45, 2.75) is 32.8 Å². The van der Waals surface area contributed by atoms with Crippen molar-refractivity contribution < 1.29 is 14.5 Å². The number of hydrogen-bond acceptors (Lipinski definition) is 5. The lowest BCUT2D eigenvalue weighted by atomic mass is 10.0. The van der Waals surface area contributed by atoms with Crippen molar-refractivity contribution in [1.82, 2.24) is 0 Å². The van der Waals surface area contributed by atoms with Crippen LogP contribution in [0.2, 0.25) is 0 Å². The number of nitrogens with zero attached hydrogens (tertiary/aromatic N) is 2. The molecule has 1 atom stereocenters. The summed E-state index contributed by atoms with van der Waals surface area (Å²) in [5.41, 5.74) is 5.91. The van der Waals surface area contributed by atoms with Crippen LogP contribution in [0.25, 0.3) is 0 Å². The fourth-order valence-corrected chi connectivity index (χ4v) is 2.46. The van der Waals surface area contributed by atoms with Gasteiger partial charge in [0.25, 0.3) is 11.6 Å². The maximum atomic E-state index is 12.6. The third-order valence-electron chi connectivity index (χ3n) is 3.65. The van der Waals surface area contributed by atoms with E-state index in [1.807, 2.05) is 13.8 Å². The standard InChI is InChI=1S/C15H21N3O4/c1-10(2)14-15(19)17(8-4-3-7-16)12-9-11(18(20)21)5-6-13(12)22-14/h5-6,9-10,14H,3-4,7-8,16H2,1-2H3. The highest BCUT2D eigenvalue weighted by molar-refractivity contribution is 6.00. The van der Waals surface area contributed by atoms with E-state index in [9.17, 15) is 14.9 Å². The quantitative estimate of drug-likeness (QED) is 0.493. The van der Waals surface area contributed by atoms with Gasteiger partial charge in [0, 0.05) is 18.7 Å². The number of nitro groups is 1. The molecule has 1 aromatic carbocycles. The van der Waals surface area contributed by atoms with Gasteiger partial charge in [-0.05, 0) is 31.4 Å². The zero-order valence-electron chi connectivity index (χ0n) is 12.8. The van der Waals surface area contributed by atoms with Crippen LogP contribution in [0.1, 0.15) is 26.7 Å². The first-order chi connectivity index (χ1) is 10.5. The lowest BCUT2D eigenvalue weighted by Gasteiger charge is -2.35. The normalized spacial score (nSPS) is 17.4. The molecule has 0 aliphatic carbocycles. The highest BCUT2D eigenvalue weighted by atomic mass is 16.6. The number of carbonyl (C=O) groups is 1. The molecule has 0 fully saturated rings. The minimum Gasteiger partial charge on any atom is -0.478 e. The molecule has 1 heterocycles. The molecule has 0 aromatic heterocycles. The molecule has 1 unspecified atom stereocenters. The molecule has 1 aliphatic rings. The number of amides is 1. The summed E-state index contributed by atoms with van der Waals surface area (Å²) in [6, 6.07) is 4.35. The summed E-state index contributed by atoms with van der Waals surface area (Å²) in [6.45, 7) is 4.86.